The highest BCUT2D eigenvalue weighted by Gasteiger charge is 2.59. The van der Waals surface area contributed by atoms with Crippen LogP contribution in [-0.2, 0) is 16.0 Å². The van der Waals surface area contributed by atoms with Crippen LogP contribution >= 0.6 is 23.5 Å². The summed E-state index contributed by atoms with van der Waals surface area (Å²) in [5.41, 5.74) is 1.54. The summed E-state index contributed by atoms with van der Waals surface area (Å²) >= 11 is 2.52. The van der Waals surface area contributed by atoms with Crippen molar-refractivity contribution in [3.63, 3.8) is 0 Å². The molecule has 2 aliphatic heterocycles. The van der Waals surface area contributed by atoms with Gasteiger partial charge in [-0.25, -0.2) is 0 Å². The van der Waals surface area contributed by atoms with Gasteiger partial charge in [0.1, 0.15) is 5.75 Å². The standard InChI is InChI=1S/C19H20N2O4S2/c1-26-18(9-11-5-2-3-7-13(11)22)16(24)21-19(17(25)20-18)10-12-6-4-8-14(23)15(12)27-19/h2-8,14-15,22-23H,9-10H2,1H3,(H,20,25)(H,21,24)/t14-,15-,18+,19+/m0/s1. The predicted molar refractivity (Wildman–Crippen MR) is 106 cm³/mol. The highest BCUT2D eigenvalue weighted by atomic mass is 32.2. The van der Waals surface area contributed by atoms with Gasteiger partial charge in [0.25, 0.3) is 11.8 Å². The average molecular weight is 405 g/mol. The largest absolute Gasteiger partial charge is 0.508 e. The quantitative estimate of drug-likeness (QED) is 0.606. The van der Waals surface area contributed by atoms with E-state index in [9.17, 15) is 19.8 Å². The molecule has 4 atom stereocenters. The number of allylic oxidation sites excluding steroid dienone is 2. The summed E-state index contributed by atoms with van der Waals surface area (Å²) in [5, 5.41) is 25.9. The summed E-state index contributed by atoms with van der Waals surface area (Å²) in [6.07, 6.45) is 6.99. The van der Waals surface area contributed by atoms with Crippen LogP contribution in [0.15, 0.2) is 48.1 Å². The van der Waals surface area contributed by atoms with Crippen molar-refractivity contribution in [3.8, 4) is 5.75 Å². The molecular formula is C19H20N2O4S2. The molecule has 2 heterocycles. The number of amides is 2. The molecule has 1 aromatic carbocycles. The molecule has 27 heavy (non-hydrogen) atoms. The first-order valence-corrected chi connectivity index (χ1v) is 10.7. The monoisotopic (exact) mass is 404 g/mol. The third-order valence-corrected chi connectivity index (χ3v) is 8.02. The molecule has 4 N–H and O–H groups in total. The van der Waals surface area contributed by atoms with Crippen LogP contribution in [0, 0.1) is 0 Å². The fourth-order valence-electron chi connectivity index (χ4n) is 3.72. The highest BCUT2D eigenvalue weighted by molar-refractivity contribution is 8.02. The van der Waals surface area contributed by atoms with Gasteiger partial charge in [-0.1, -0.05) is 42.0 Å². The van der Waals surface area contributed by atoms with Crippen LogP contribution in [0.5, 0.6) is 5.75 Å². The number of rotatable bonds is 3. The lowest BCUT2D eigenvalue weighted by Gasteiger charge is -2.43. The Morgan fingerprint density at radius 2 is 2.04 bits per heavy atom. The van der Waals surface area contributed by atoms with Crippen molar-refractivity contribution in [1.82, 2.24) is 10.6 Å². The van der Waals surface area contributed by atoms with E-state index in [1.54, 1.807) is 42.7 Å². The summed E-state index contributed by atoms with van der Waals surface area (Å²) in [5.74, 6) is -0.486. The van der Waals surface area contributed by atoms with Crippen LogP contribution in [0.2, 0.25) is 0 Å². The zero-order valence-electron chi connectivity index (χ0n) is 14.6. The maximum Gasteiger partial charge on any atom is 0.258 e. The van der Waals surface area contributed by atoms with E-state index in [1.807, 2.05) is 6.08 Å². The summed E-state index contributed by atoms with van der Waals surface area (Å²) in [7, 11) is 0. The number of aliphatic hydroxyl groups excluding tert-OH is 1. The number of thioether (sulfide) groups is 2. The number of phenols is 1. The van der Waals surface area contributed by atoms with Crippen LogP contribution < -0.4 is 10.6 Å². The minimum Gasteiger partial charge on any atom is -0.508 e. The van der Waals surface area contributed by atoms with E-state index in [2.05, 4.69) is 10.6 Å². The number of carbonyl (C=O) groups excluding carboxylic acids is 2. The molecule has 0 aromatic heterocycles. The Morgan fingerprint density at radius 1 is 1.26 bits per heavy atom. The van der Waals surface area contributed by atoms with E-state index >= 15 is 0 Å². The molecule has 0 unspecified atom stereocenters. The van der Waals surface area contributed by atoms with Crippen molar-refractivity contribution in [2.45, 2.75) is 33.9 Å². The van der Waals surface area contributed by atoms with Crippen molar-refractivity contribution in [2.24, 2.45) is 0 Å². The molecule has 8 heteroatoms. The first kappa shape index (κ1) is 18.5. The number of carbonyl (C=O) groups is 2. The smallest absolute Gasteiger partial charge is 0.258 e. The van der Waals surface area contributed by atoms with Gasteiger partial charge in [-0.2, -0.15) is 0 Å². The van der Waals surface area contributed by atoms with Gasteiger partial charge in [0.2, 0.25) is 0 Å². The van der Waals surface area contributed by atoms with E-state index in [-0.39, 0.29) is 29.2 Å². The second-order valence-corrected chi connectivity index (χ2v) is 9.45. The molecule has 3 aliphatic rings. The Bertz CT molecular complexity index is 871. The van der Waals surface area contributed by atoms with Crippen LogP contribution in [0.1, 0.15) is 12.0 Å². The summed E-state index contributed by atoms with van der Waals surface area (Å²) in [4.78, 5) is 23.9. The first-order valence-electron chi connectivity index (χ1n) is 8.59. The third-order valence-electron chi connectivity index (χ3n) is 5.22. The maximum atomic E-state index is 13.1. The molecule has 6 nitrogen and oxygen atoms in total. The average Bonchev–Trinajstić information content (AvgIpc) is 3.02. The van der Waals surface area contributed by atoms with Gasteiger partial charge >= 0.3 is 0 Å². The van der Waals surface area contributed by atoms with Crippen molar-refractivity contribution < 1.29 is 19.8 Å². The molecule has 1 aliphatic carbocycles. The zero-order valence-corrected chi connectivity index (χ0v) is 16.3. The normalized spacial score (nSPS) is 34.8. The van der Waals surface area contributed by atoms with E-state index in [4.69, 9.17) is 0 Å². The van der Waals surface area contributed by atoms with E-state index < -0.39 is 15.8 Å². The second-order valence-electron chi connectivity index (χ2n) is 6.90. The van der Waals surface area contributed by atoms with Crippen LogP contribution in [0.3, 0.4) is 0 Å². The van der Waals surface area contributed by atoms with Gasteiger partial charge in [-0.3, -0.25) is 9.59 Å². The van der Waals surface area contributed by atoms with Gasteiger partial charge in [0.05, 0.1) is 11.4 Å². The number of nitrogens with one attached hydrogen (secondary N) is 2. The van der Waals surface area contributed by atoms with Crippen molar-refractivity contribution in [2.75, 3.05) is 6.26 Å². The summed E-state index contributed by atoms with van der Waals surface area (Å²) in [6.45, 7) is 0. The molecule has 4 rings (SSSR count). The van der Waals surface area contributed by atoms with Crippen molar-refractivity contribution in [3.05, 3.63) is 53.6 Å². The van der Waals surface area contributed by atoms with Gasteiger partial charge in [-0.05, 0) is 17.9 Å². The van der Waals surface area contributed by atoms with Crippen LogP contribution in [-0.4, -0.2) is 49.4 Å². The SMILES string of the molecule is CS[C@@]1(Cc2ccccc2O)NC(=O)[C@]2(CC3=CC=C[C@H](O)[C@H]3S2)NC1=O. The van der Waals surface area contributed by atoms with Gasteiger partial charge in [0.15, 0.2) is 9.74 Å². The number of aromatic hydroxyl groups is 1. The van der Waals surface area contributed by atoms with Crippen molar-refractivity contribution in [1.29, 1.82) is 0 Å². The maximum absolute atomic E-state index is 13.1. The molecule has 142 valence electrons. The topological polar surface area (TPSA) is 98.7 Å². The Hall–Kier alpha value is -1.90. The second kappa shape index (κ2) is 6.61. The fourth-order valence-corrected chi connectivity index (χ4v) is 5.99. The lowest BCUT2D eigenvalue weighted by atomic mass is 9.93. The number of para-hydroxylation sites is 1. The zero-order chi connectivity index (χ0) is 19.2. The van der Waals surface area contributed by atoms with E-state index in [0.29, 0.717) is 12.0 Å². The molecule has 2 fully saturated rings. The first-order chi connectivity index (χ1) is 12.9. The number of hydrogen-bond acceptors (Lipinski definition) is 6. The summed E-state index contributed by atoms with van der Waals surface area (Å²) in [6, 6.07) is 6.79. The lowest BCUT2D eigenvalue weighted by molar-refractivity contribution is -0.139. The molecule has 2 amide bonds. The highest BCUT2D eigenvalue weighted by Crippen LogP contribution is 2.50. The van der Waals surface area contributed by atoms with Crippen LogP contribution in [0.4, 0.5) is 0 Å². The number of fused-ring (bicyclic) bond motifs is 1. The van der Waals surface area contributed by atoms with Crippen LogP contribution in [0.25, 0.3) is 0 Å². The molecule has 1 spiro atoms. The Morgan fingerprint density at radius 3 is 2.74 bits per heavy atom. The van der Waals surface area contributed by atoms with Gasteiger partial charge in [0, 0.05) is 12.8 Å². The minimum atomic E-state index is -1.19. The van der Waals surface area contributed by atoms with Gasteiger partial charge < -0.3 is 20.8 Å². The fraction of sp³-hybridized carbons (Fsp3) is 0.368. The molecule has 2 saturated heterocycles. The number of phenolic OH excluding ortho intramolecular Hbond substituents is 1. The molecular weight excluding hydrogens is 384 g/mol. The number of piperazine rings is 1. The number of hydrogen-bond donors (Lipinski definition) is 4. The number of aliphatic hydroxyl groups is 1. The van der Waals surface area contributed by atoms with E-state index in [0.717, 1.165) is 5.57 Å². The predicted octanol–water partition coefficient (Wildman–Crippen LogP) is 1.30. The van der Waals surface area contributed by atoms with Gasteiger partial charge in [-0.15, -0.1) is 23.5 Å². The van der Waals surface area contributed by atoms with E-state index in [1.165, 1.54) is 23.5 Å². The lowest BCUT2D eigenvalue weighted by Crippen LogP contribution is -2.72. The molecule has 0 radical (unpaired) electrons. The Balaban J connectivity index is 1.61. The molecule has 0 saturated carbocycles. The third kappa shape index (κ3) is 2.96. The molecule has 1 aromatic rings. The molecule has 0 bridgehead atoms. The summed E-state index contributed by atoms with van der Waals surface area (Å²) < 4.78 is 0. The number of benzene rings is 1. The Kier molecular flexibility index (Phi) is 4.52. The minimum absolute atomic E-state index is 0.0915. The van der Waals surface area contributed by atoms with Crippen molar-refractivity contribution >= 4 is 35.3 Å². The Labute approximate surface area is 165 Å².